The van der Waals surface area contributed by atoms with E-state index in [-0.39, 0.29) is 17.4 Å². The van der Waals surface area contributed by atoms with Crippen LogP contribution in [0.1, 0.15) is 42.4 Å². The minimum atomic E-state index is -9.56. The molecule has 4 aromatic rings. The maximum atomic E-state index is 12.2. The van der Waals surface area contributed by atoms with Crippen molar-refractivity contribution in [1.29, 1.82) is 0 Å². The zero-order valence-electron chi connectivity index (χ0n) is 24.0. The van der Waals surface area contributed by atoms with Crippen LogP contribution in [0.5, 0.6) is 5.75 Å². The molecule has 0 aromatic heterocycles. The molecule has 4 aromatic carbocycles. The number of rotatable bonds is 8. The number of hydrogen-bond acceptors (Lipinski definition) is 3. The van der Waals surface area contributed by atoms with Gasteiger partial charge in [-0.1, -0.05) is 116 Å². The predicted octanol–water partition coefficient (Wildman–Crippen LogP) is 9.98. The number of fused-ring (bicyclic) bond motifs is 1. The lowest BCUT2D eigenvalue weighted by Crippen LogP contribution is -2.46. The molecule has 0 atom stereocenters. The van der Waals surface area contributed by atoms with Gasteiger partial charge in [-0.25, -0.2) is 0 Å². The SMILES string of the molecule is COc1cccc(S(F)(F)(F)(F)F)c1.c1ccc(C(OCC23CCCN2CCC3)(c2ccccc2)c2ccccc2)cc1. The molecule has 43 heavy (non-hydrogen) atoms. The van der Waals surface area contributed by atoms with Crippen LogP contribution >= 0.6 is 10.2 Å². The Labute approximate surface area is 250 Å². The van der Waals surface area contributed by atoms with E-state index in [1.807, 2.05) is 0 Å². The van der Waals surface area contributed by atoms with Crippen LogP contribution in [0.4, 0.5) is 19.4 Å². The zero-order valence-corrected chi connectivity index (χ0v) is 24.8. The molecule has 2 heterocycles. The predicted molar refractivity (Wildman–Crippen MR) is 162 cm³/mol. The molecule has 6 rings (SSSR count). The quantitative estimate of drug-likeness (QED) is 0.145. The molecule has 0 amide bonds. The van der Waals surface area contributed by atoms with Crippen molar-refractivity contribution < 1.29 is 28.9 Å². The first-order chi connectivity index (χ1) is 20.4. The molecule has 2 aliphatic heterocycles. The van der Waals surface area contributed by atoms with E-state index in [2.05, 4.69) is 101 Å². The second-order valence-electron chi connectivity index (χ2n) is 11.1. The van der Waals surface area contributed by atoms with Crippen LogP contribution in [0, 0.1) is 0 Å². The van der Waals surface area contributed by atoms with Crippen molar-refractivity contribution in [1.82, 2.24) is 4.90 Å². The molecule has 0 spiro atoms. The van der Waals surface area contributed by atoms with Crippen molar-refractivity contribution in [3.63, 3.8) is 0 Å². The second-order valence-corrected chi connectivity index (χ2v) is 13.5. The van der Waals surface area contributed by atoms with Crippen LogP contribution in [-0.4, -0.2) is 37.2 Å². The Morgan fingerprint density at radius 1 is 0.674 bits per heavy atom. The molecular formula is C34H36F5NO2S. The van der Waals surface area contributed by atoms with Crippen LogP contribution in [-0.2, 0) is 10.3 Å². The maximum absolute atomic E-state index is 12.2. The Morgan fingerprint density at radius 2 is 1.14 bits per heavy atom. The third kappa shape index (κ3) is 6.74. The number of benzene rings is 4. The summed E-state index contributed by atoms with van der Waals surface area (Å²) in [6.45, 7) is 3.21. The van der Waals surface area contributed by atoms with E-state index in [0.717, 1.165) is 25.8 Å². The lowest BCUT2D eigenvalue weighted by molar-refractivity contribution is -0.0416. The molecular weight excluding hydrogens is 581 g/mol. The summed E-state index contributed by atoms with van der Waals surface area (Å²) in [7, 11) is -8.46. The molecule has 9 heteroatoms. The number of methoxy groups -OCH3 is 1. The second kappa shape index (κ2) is 11.3. The third-order valence-corrected chi connectivity index (χ3v) is 9.54. The van der Waals surface area contributed by atoms with Gasteiger partial charge >= 0.3 is 10.2 Å². The first kappa shape index (κ1) is 31.0. The monoisotopic (exact) mass is 617 g/mol. The van der Waals surface area contributed by atoms with Gasteiger partial charge < -0.3 is 9.47 Å². The molecule has 0 unspecified atom stereocenters. The van der Waals surface area contributed by atoms with Gasteiger partial charge in [-0.2, -0.15) is 0 Å². The minimum absolute atomic E-state index is 0.212. The van der Waals surface area contributed by atoms with Crippen LogP contribution in [0.3, 0.4) is 0 Å². The molecule has 0 aliphatic carbocycles. The average molecular weight is 618 g/mol. The van der Waals surface area contributed by atoms with Crippen molar-refractivity contribution >= 4 is 10.2 Å². The van der Waals surface area contributed by atoms with Crippen LogP contribution in [0.15, 0.2) is 120 Å². The summed E-state index contributed by atoms with van der Waals surface area (Å²) in [5.74, 6) is -0.254. The van der Waals surface area contributed by atoms with Crippen molar-refractivity contribution in [2.24, 2.45) is 0 Å². The highest BCUT2D eigenvalue weighted by Gasteiger charge is 2.65. The van der Waals surface area contributed by atoms with Gasteiger partial charge in [0.05, 0.1) is 13.7 Å². The minimum Gasteiger partial charge on any atom is -0.497 e. The lowest BCUT2D eigenvalue weighted by Gasteiger charge is -2.40. The molecule has 2 aliphatic rings. The van der Waals surface area contributed by atoms with Crippen molar-refractivity contribution in [3.05, 3.63) is 132 Å². The lowest BCUT2D eigenvalue weighted by atomic mass is 9.79. The summed E-state index contributed by atoms with van der Waals surface area (Å²) in [6.07, 6.45) is 5.08. The first-order valence-electron chi connectivity index (χ1n) is 14.3. The van der Waals surface area contributed by atoms with E-state index in [1.165, 1.54) is 55.5 Å². The molecule has 0 radical (unpaired) electrons. The third-order valence-electron chi connectivity index (χ3n) is 8.40. The normalized spacial score (nSPS) is 18.1. The molecule has 3 nitrogen and oxygen atoms in total. The van der Waals surface area contributed by atoms with E-state index < -0.39 is 20.7 Å². The number of halogens is 5. The topological polar surface area (TPSA) is 21.7 Å². The summed E-state index contributed by atoms with van der Waals surface area (Å²) in [5, 5.41) is 0. The largest absolute Gasteiger partial charge is 0.497 e. The van der Waals surface area contributed by atoms with E-state index in [1.54, 1.807) is 0 Å². The Bertz CT molecular complexity index is 1400. The van der Waals surface area contributed by atoms with E-state index in [0.29, 0.717) is 6.07 Å². The Balaban J connectivity index is 0.000000222. The van der Waals surface area contributed by atoms with Gasteiger partial charge in [-0.05, 0) is 67.6 Å². The highest BCUT2D eigenvalue weighted by molar-refractivity contribution is 8.45. The molecule has 2 fully saturated rings. The fourth-order valence-corrected chi connectivity index (χ4v) is 6.99. The van der Waals surface area contributed by atoms with Crippen LogP contribution in [0.25, 0.3) is 0 Å². The number of nitrogens with zero attached hydrogens (tertiary/aromatic N) is 1. The van der Waals surface area contributed by atoms with Gasteiger partial charge in [-0.15, -0.1) is 0 Å². The molecule has 230 valence electrons. The van der Waals surface area contributed by atoms with Crippen molar-refractivity contribution in [2.45, 2.75) is 41.7 Å². The summed E-state index contributed by atoms with van der Waals surface area (Å²) in [6, 6.07) is 34.8. The average Bonchev–Trinajstić information content (AvgIpc) is 3.59. The molecule has 0 N–H and O–H groups in total. The number of hydrogen-bond donors (Lipinski definition) is 0. The Kier molecular flexibility index (Phi) is 8.13. The fraction of sp³-hybridized carbons (Fsp3) is 0.294. The molecule has 0 bridgehead atoms. The van der Waals surface area contributed by atoms with E-state index >= 15 is 0 Å². The van der Waals surface area contributed by atoms with E-state index in [4.69, 9.17) is 4.74 Å². The summed E-state index contributed by atoms with van der Waals surface area (Å²) in [5.41, 5.74) is 3.18. The van der Waals surface area contributed by atoms with E-state index in [9.17, 15) is 19.4 Å². The molecule has 2 saturated heterocycles. The van der Waals surface area contributed by atoms with Crippen molar-refractivity contribution in [2.75, 3.05) is 26.8 Å². The van der Waals surface area contributed by atoms with Crippen LogP contribution in [0.2, 0.25) is 0 Å². The smallest absolute Gasteiger partial charge is 0.310 e. The van der Waals surface area contributed by atoms with Crippen molar-refractivity contribution in [3.8, 4) is 5.75 Å². The number of ether oxygens (including phenoxy) is 2. The van der Waals surface area contributed by atoms with Gasteiger partial charge in [-0.3, -0.25) is 4.90 Å². The summed E-state index contributed by atoms with van der Waals surface area (Å²) < 4.78 is 72.6. The molecule has 0 saturated carbocycles. The standard InChI is InChI=1S/C27H29NO.C7H7F5OS/c1-4-12-23(13-5-1)27(24-14-6-2-7-15-24,25-16-8-3-9-17-25)29-22-26-18-10-20-28(26)21-11-19-26;1-13-6-3-2-4-7(5-6)14(8,9,10,11)12/h1-9,12-17H,10-11,18-22H2;2-5H,1H3. The highest BCUT2D eigenvalue weighted by atomic mass is 32.5. The van der Waals surface area contributed by atoms with Gasteiger partial charge in [0.1, 0.15) is 16.2 Å². The van der Waals surface area contributed by atoms with Gasteiger partial charge in [0.25, 0.3) is 0 Å². The Hall–Kier alpha value is -3.40. The zero-order chi connectivity index (χ0) is 30.7. The fourth-order valence-electron chi connectivity index (χ4n) is 6.31. The van der Waals surface area contributed by atoms with Gasteiger partial charge in [0.15, 0.2) is 0 Å². The summed E-state index contributed by atoms with van der Waals surface area (Å²) in [4.78, 5) is 0.739. The summed E-state index contributed by atoms with van der Waals surface area (Å²) >= 11 is 0. The maximum Gasteiger partial charge on any atom is 0.310 e. The van der Waals surface area contributed by atoms with Gasteiger partial charge in [0.2, 0.25) is 0 Å². The van der Waals surface area contributed by atoms with Crippen LogP contribution < -0.4 is 4.74 Å². The first-order valence-corrected chi connectivity index (χ1v) is 16.3. The highest BCUT2D eigenvalue weighted by Crippen LogP contribution is 3.02. The van der Waals surface area contributed by atoms with Gasteiger partial charge in [0, 0.05) is 11.6 Å². The Morgan fingerprint density at radius 3 is 1.56 bits per heavy atom.